The quantitative estimate of drug-likeness (QED) is 0.324. The minimum atomic E-state index is -0.0862. The number of carbonyl (C=O) groups excluding carboxylic acids is 1. The Morgan fingerprint density at radius 2 is 1.03 bits per heavy atom. The number of hydrogen-bond acceptors (Lipinski definition) is 5. The minimum absolute atomic E-state index is 0.0862. The second kappa shape index (κ2) is 8.41. The van der Waals surface area contributed by atoms with Gasteiger partial charge < -0.3 is 20.9 Å². The first-order valence-corrected chi connectivity index (χ1v) is 9.38. The predicted molar refractivity (Wildman–Crippen MR) is 118 cm³/mol. The van der Waals surface area contributed by atoms with Crippen molar-refractivity contribution < 1.29 is 14.3 Å². The first-order valence-electron chi connectivity index (χ1n) is 9.38. The third-order valence-electron chi connectivity index (χ3n) is 4.42. The zero-order chi connectivity index (χ0) is 20.9. The highest BCUT2D eigenvalue weighted by Crippen LogP contribution is 2.28. The molecule has 0 heterocycles. The summed E-state index contributed by atoms with van der Waals surface area (Å²) in [5.41, 5.74) is 13.8. The van der Waals surface area contributed by atoms with Crippen LogP contribution in [0.25, 0.3) is 0 Å². The van der Waals surface area contributed by atoms with Crippen molar-refractivity contribution in [3.63, 3.8) is 0 Å². The van der Waals surface area contributed by atoms with Gasteiger partial charge in [0.25, 0.3) is 0 Å². The molecule has 148 valence electrons. The standard InChI is InChI=1S/C25H20N2O3/c26-19-4-1-3-18(15-19)25(28)17-7-9-21(10-8-17)29-22-11-13-23(14-12-22)30-24-6-2-5-20(27)16-24/h1-16H,26-27H2. The average molecular weight is 396 g/mol. The number of ether oxygens (including phenoxy) is 2. The summed E-state index contributed by atoms with van der Waals surface area (Å²) in [6.45, 7) is 0. The summed E-state index contributed by atoms with van der Waals surface area (Å²) in [6.07, 6.45) is 0. The number of carbonyl (C=O) groups is 1. The van der Waals surface area contributed by atoms with Crippen molar-refractivity contribution in [3.05, 3.63) is 108 Å². The summed E-state index contributed by atoms with van der Waals surface area (Å²) in [7, 11) is 0. The van der Waals surface area contributed by atoms with E-state index in [-0.39, 0.29) is 5.78 Å². The molecule has 0 aliphatic carbocycles. The van der Waals surface area contributed by atoms with Crippen molar-refractivity contribution >= 4 is 17.2 Å². The molecule has 0 unspecified atom stereocenters. The van der Waals surface area contributed by atoms with E-state index in [2.05, 4.69) is 0 Å². The molecule has 4 N–H and O–H groups in total. The lowest BCUT2D eigenvalue weighted by atomic mass is 10.0. The van der Waals surface area contributed by atoms with Crippen LogP contribution in [0.3, 0.4) is 0 Å². The van der Waals surface area contributed by atoms with Crippen LogP contribution >= 0.6 is 0 Å². The molecule has 30 heavy (non-hydrogen) atoms. The Balaban J connectivity index is 1.41. The van der Waals surface area contributed by atoms with E-state index in [0.29, 0.717) is 45.5 Å². The molecule has 0 saturated heterocycles. The Morgan fingerprint density at radius 1 is 0.533 bits per heavy atom. The van der Waals surface area contributed by atoms with Gasteiger partial charge in [-0.05, 0) is 72.8 Å². The molecule has 4 aromatic rings. The summed E-state index contributed by atoms with van der Waals surface area (Å²) in [6, 6.07) is 28.4. The van der Waals surface area contributed by atoms with Crippen LogP contribution in [0.5, 0.6) is 23.0 Å². The van der Waals surface area contributed by atoms with Crippen LogP contribution in [-0.4, -0.2) is 5.78 Å². The number of rotatable bonds is 6. The Morgan fingerprint density at radius 3 is 1.60 bits per heavy atom. The summed E-state index contributed by atoms with van der Waals surface area (Å²) >= 11 is 0. The van der Waals surface area contributed by atoms with Gasteiger partial charge in [-0.15, -0.1) is 0 Å². The van der Waals surface area contributed by atoms with Crippen LogP contribution < -0.4 is 20.9 Å². The average Bonchev–Trinajstić information content (AvgIpc) is 2.75. The Hall–Kier alpha value is -4.25. The SMILES string of the molecule is Nc1cccc(Oc2ccc(Oc3ccc(C(=O)c4cccc(N)c4)cc3)cc2)c1. The van der Waals surface area contributed by atoms with Gasteiger partial charge in [-0.3, -0.25) is 4.79 Å². The minimum Gasteiger partial charge on any atom is -0.457 e. The zero-order valence-corrected chi connectivity index (χ0v) is 16.1. The molecular weight excluding hydrogens is 376 g/mol. The van der Waals surface area contributed by atoms with E-state index in [0.717, 1.165) is 0 Å². The van der Waals surface area contributed by atoms with E-state index in [4.69, 9.17) is 20.9 Å². The first-order chi connectivity index (χ1) is 14.6. The second-order valence-corrected chi connectivity index (χ2v) is 6.73. The van der Waals surface area contributed by atoms with Gasteiger partial charge in [0, 0.05) is 28.6 Å². The van der Waals surface area contributed by atoms with E-state index in [1.54, 1.807) is 60.7 Å². The fourth-order valence-corrected chi connectivity index (χ4v) is 2.95. The largest absolute Gasteiger partial charge is 0.457 e. The molecule has 0 aliphatic heterocycles. The van der Waals surface area contributed by atoms with Crippen LogP contribution in [0.2, 0.25) is 0 Å². The van der Waals surface area contributed by atoms with Gasteiger partial charge in [-0.25, -0.2) is 0 Å². The van der Waals surface area contributed by atoms with Gasteiger partial charge in [0.15, 0.2) is 5.78 Å². The topological polar surface area (TPSA) is 87.6 Å². The van der Waals surface area contributed by atoms with Crippen molar-refractivity contribution in [2.45, 2.75) is 0 Å². The number of hydrogen-bond donors (Lipinski definition) is 2. The molecule has 0 spiro atoms. The first kappa shape index (κ1) is 19.1. The second-order valence-electron chi connectivity index (χ2n) is 6.73. The third kappa shape index (κ3) is 4.59. The fraction of sp³-hybridized carbons (Fsp3) is 0. The van der Waals surface area contributed by atoms with Gasteiger partial charge in [-0.2, -0.15) is 0 Å². The molecule has 5 nitrogen and oxygen atoms in total. The molecule has 0 aliphatic rings. The number of benzene rings is 4. The van der Waals surface area contributed by atoms with E-state index in [1.165, 1.54) is 0 Å². The Labute approximate surface area is 174 Å². The van der Waals surface area contributed by atoms with Crippen LogP contribution in [0.15, 0.2) is 97.1 Å². The maximum absolute atomic E-state index is 12.6. The lowest BCUT2D eigenvalue weighted by Gasteiger charge is -2.09. The van der Waals surface area contributed by atoms with Crippen LogP contribution in [0.4, 0.5) is 11.4 Å². The number of anilines is 2. The molecule has 0 amide bonds. The van der Waals surface area contributed by atoms with Crippen LogP contribution in [0.1, 0.15) is 15.9 Å². The molecule has 0 saturated carbocycles. The van der Waals surface area contributed by atoms with E-state index in [1.807, 2.05) is 36.4 Å². The molecule has 0 radical (unpaired) electrons. The summed E-state index contributed by atoms with van der Waals surface area (Å²) in [5, 5.41) is 0. The monoisotopic (exact) mass is 396 g/mol. The van der Waals surface area contributed by atoms with E-state index >= 15 is 0 Å². The number of nitrogens with two attached hydrogens (primary N) is 2. The van der Waals surface area contributed by atoms with Crippen LogP contribution in [0, 0.1) is 0 Å². The summed E-state index contributed by atoms with van der Waals surface area (Å²) in [5.74, 6) is 2.55. The maximum atomic E-state index is 12.6. The maximum Gasteiger partial charge on any atom is 0.193 e. The zero-order valence-electron chi connectivity index (χ0n) is 16.1. The highest BCUT2D eigenvalue weighted by atomic mass is 16.5. The van der Waals surface area contributed by atoms with Crippen molar-refractivity contribution in [3.8, 4) is 23.0 Å². The molecule has 0 atom stereocenters. The fourth-order valence-electron chi connectivity index (χ4n) is 2.95. The lowest BCUT2D eigenvalue weighted by Crippen LogP contribution is -2.01. The molecule has 0 fully saturated rings. The van der Waals surface area contributed by atoms with Crippen molar-refractivity contribution in [2.75, 3.05) is 11.5 Å². The molecular formula is C25H20N2O3. The molecule has 5 heteroatoms. The molecule has 4 rings (SSSR count). The Bertz CT molecular complexity index is 1170. The van der Waals surface area contributed by atoms with Gasteiger partial charge in [0.05, 0.1) is 0 Å². The highest BCUT2D eigenvalue weighted by molar-refractivity contribution is 6.09. The van der Waals surface area contributed by atoms with Gasteiger partial charge in [0.2, 0.25) is 0 Å². The van der Waals surface area contributed by atoms with Crippen molar-refractivity contribution in [2.24, 2.45) is 0 Å². The summed E-state index contributed by atoms with van der Waals surface area (Å²) < 4.78 is 11.6. The van der Waals surface area contributed by atoms with Crippen molar-refractivity contribution in [1.82, 2.24) is 0 Å². The van der Waals surface area contributed by atoms with Gasteiger partial charge in [0.1, 0.15) is 23.0 Å². The number of nitrogen functional groups attached to an aromatic ring is 2. The smallest absolute Gasteiger partial charge is 0.193 e. The molecule has 0 bridgehead atoms. The van der Waals surface area contributed by atoms with E-state index < -0.39 is 0 Å². The van der Waals surface area contributed by atoms with Crippen molar-refractivity contribution in [1.29, 1.82) is 0 Å². The van der Waals surface area contributed by atoms with Gasteiger partial charge in [-0.1, -0.05) is 18.2 Å². The van der Waals surface area contributed by atoms with Gasteiger partial charge >= 0.3 is 0 Å². The third-order valence-corrected chi connectivity index (χ3v) is 4.42. The highest BCUT2D eigenvalue weighted by Gasteiger charge is 2.09. The van der Waals surface area contributed by atoms with E-state index in [9.17, 15) is 4.79 Å². The Kier molecular flexibility index (Phi) is 5.35. The lowest BCUT2D eigenvalue weighted by molar-refractivity contribution is 0.103. The molecule has 0 aromatic heterocycles. The molecule has 4 aromatic carbocycles. The predicted octanol–water partition coefficient (Wildman–Crippen LogP) is 5.67. The number of ketones is 1. The van der Waals surface area contributed by atoms with Crippen LogP contribution in [-0.2, 0) is 0 Å². The normalized spacial score (nSPS) is 10.4. The summed E-state index contributed by atoms with van der Waals surface area (Å²) in [4.78, 5) is 12.6.